The summed E-state index contributed by atoms with van der Waals surface area (Å²) >= 11 is 0. The monoisotopic (exact) mass is 502 g/mol. The summed E-state index contributed by atoms with van der Waals surface area (Å²) in [5.41, 5.74) is 0.374. The van der Waals surface area contributed by atoms with Gasteiger partial charge in [-0.05, 0) is 31.2 Å². The van der Waals surface area contributed by atoms with Crippen LogP contribution in [0.1, 0.15) is 24.4 Å². The summed E-state index contributed by atoms with van der Waals surface area (Å²) in [4.78, 5) is 7.74. The fourth-order valence-electron chi connectivity index (χ4n) is 3.49. The summed E-state index contributed by atoms with van der Waals surface area (Å²) in [7, 11) is -1.03. The number of rotatable bonds is 9. The molecular formula is C22H23FN6O5S. The van der Waals surface area contributed by atoms with Gasteiger partial charge in [-0.25, -0.2) is 22.8 Å². The molecular weight excluding hydrogens is 479 g/mol. The highest BCUT2D eigenvalue weighted by molar-refractivity contribution is 7.92. The summed E-state index contributed by atoms with van der Waals surface area (Å²) in [6.07, 6.45) is 1.97. The number of aryl methyl sites for hydroxylation is 1. The standard InChI is InChI=1S/C22H23FN6O5S/c1-13(20-24-10-15(23)11-25-20)12-35(30,31)28-22-27-26-21(18-9-8-14(2)34-18)29(22)19-16(32-3)6-5-7-17(19)33-4/h5-11,13H,12H2,1-4H3,(H,27,28). The average Bonchev–Trinajstić information content (AvgIpc) is 3.43. The number of benzene rings is 1. The third-order valence-electron chi connectivity index (χ3n) is 5.05. The van der Waals surface area contributed by atoms with Crippen LogP contribution < -0.4 is 14.2 Å². The van der Waals surface area contributed by atoms with Crippen LogP contribution in [0.15, 0.2) is 47.1 Å². The number of anilines is 1. The number of hydrogen-bond acceptors (Lipinski definition) is 9. The van der Waals surface area contributed by atoms with Crippen LogP contribution in [0.5, 0.6) is 11.5 Å². The quantitative estimate of drug-likeness (QED) is 0.366. The van der Waals surface area contributed by atoms with Crippen molar-refractivity contribution in [1.29, 1.82) is 0 Å². The Bertz CT molecular complexity index is 1410. The number of aromatic nitrogens is 5. The van der Waals surface area contributed by atoms with Crippen molar-refractivity contribution in [3.8, 4) is 28.8 Å². The second-order valence-corrected chi connectivity index (χ2v) is 9.42. The van der Waals surface area contributed by atoms with Crippen LogP contribution in [0.2, 0.25) is 0 Å². The zero-order valence-corrected chi connectivity index (χ0v) is 20.2. The van der Waals surface area contributed by atoms with E-state index in [4.69, 9.17) is 13.9 Å². The maximum absolute atomic E-state index is 13.1. The number of methoxy groups -OCH3 is 2. The van der Waals surface area contributed by atoms with Crippen molar-refractivity contribution < 1.29 is 26.7 Å². The minimum absolute atomic E-state index is 0.107. The van der Waals surface area contributed by atoms with Crippen molar-refractivity contribution in [3.63, 3.8) is 0 Å². The fourth-order valence-corrected chi connectivity index (χ4v) is 4.79. The Morgan fingerprint density at radius 2 is 1.74 bits per heavy atom. The molecule has 184 valence electrons. The van der Waals surface area contributed by atoms with Gasteiger partial charge >= 0.3 is 0 Å². The summed E-state index contributed by atoms with van der Waals surface area (Å²) in [5.74, 6) is 0.472. The Labute approximate surface area is 201 Å². The van der Waals surface area contributed by atoms with E-state index in [1.165, 1.54) is 18.8 Å². The zero-order valence-electron chi connectivity index (χ0n) is 19.4. The molecule has 0 amide bonds. The van der Waals surface area contributed by atoms with Crippen molar-refractivity contribution in [2.45, 2.75) is 19.8 Å². The lowest BCUT2D eigenvalue weighted by atomic mass is 10.2. The molecule has 1 unspecified atom stereocenters. The highest BCUT2D eigenvalue weighted by Gasteiger charge is 2.27. The molecule has 0 aliphatic rings. The predicted octanol–water partition coefficient (Wildman–Crippen LogP) is 3.33. The molecule has 13 heteroatoms. The predicted molar refractivity (Wildman–Crippen MR) is 125 cm³/mol. The van der Waals surface area contributed by atoms with E-state index in [0.29, 0.717) is 28.7 Å². The number of nitrogens with zero attached hydrogens (tertiary/aromatic N) is 5. The number of hydrogen-bond donors (Lipinski definition) is 1. The first-order valence-corrected chi connectivity index (χ1v) is 12.1. The average molecular weight is 503 g/mol. The number of furan rings is 1. The van der Waals surface area contributed by atoms with Gasteiger partial charge in [0.2, 0.25) is 21.8 Å². The third-order valence-corrected chi connectivity index (χ3v) is 6.48. The van der Waals surface area contributed by atoms with Crippen LogP contribution in [-0.2, 0) is 10.0 Å². The van der Waals surface area contributed by atoms with Crippen LogP contribution >= 0.6 is 0 Å². The van der Waals surface area contributed by atoms with Gasteiger partial charge in [0.05, 0.1) is 32.4 Å². The summed E-state index contributed by atoms with van der Waals surface area (Å²) in [6.45, 7) is 3.40. The highest BCUT2D eigenvalue weighted by Crippen LogP contribution is 2.38. The first kappa shape index (κ1) is 24.1. The second-order valence-electron chi connectivity index (χ2n) is 7.65. The van der Waals surface area contributed by atoms with Gasteiger partial charge in [-0.15, -0.1) is 10.2 Å². The summed E-state index contributed by atoms with van der Waals surface area (Å²) in [5, 5.41) is 8.25. The molecule has 0 aliphatic heterocycles. The Balaban J connectivity index is 1.77. The molecule has 4 aromatic rings. The van der Waals surface area contributed by atoms with E-state index < -0.39 is 21.8 Å². The molecule has 3 aromatic heterocycles. The van der Waals surface area contributed by atoms with Crippen LogP contribution in [0, 0.1) is 12.7 Å². The highest BCUT2D eigenvalue weighted by atomic mass is 32.2. The number of sulfonamides is 1. The topological polar surface area (TPSA) is 134 Å². The lowest BCUT2D eigenvalue weighted by Gasteiger charge is -2.17. The smallest absolute Gasteiger partial charge is 0.243 e. The van der Waals surface area contributed by atoms with Crippen LogP contribution in [0.3, 0.4) is 0 Å². The van der Waals surface area contributed by atoms with E-state index in [1.807, 2.05) is 0 Å². The largest absolute Gasteiger partial charge is 0.494 e. The fraction of sp³-hybridized carbons (Fsp3) is 0.273. The van der Waals surface area contributed by atoms with E-state index in [-0.39, 0.29) is 23.4 Å². The Hall–Kier alpha value is -4.00. The first-order valence-electron chi connectivity index (χ1n) is 10.4. The number of nitrogens with one attached hydrogen (secondary N) is 1. The van der Waals surface area contributed by atoms with Crippen molar-refractivity contribution in [1.82, 2.24) is 24.7 Å². The molecule has 0 fully saturated rings. The SMILES string of the molecule is COc1cccc(OC)c1-n1c(NS(=O)(=O)CC(C)c2ncc(F)cn2)nnc1-c1ccc(C)o1. The molecule has 0 saturated heterocycles. The number of halogens is 1. The van der Waals surface area contributed by atoms with Gasteiger partial charge in [-0.2, -0.15) is 0 Å². The van der Waals surface area contributed by atoms with E-state index in [0.717, 1.165) is 12.4 Å². The molecule has 0 spiro atoms. The molecule has 0 radical (unpaired) electrons. The molecule has 4 rings (SSSR count). The maximum Gasteiger partial charge on any atom is 0.243 e. The van der Waals surface area contributed by atoms with Gasteiger partial charge < -0.3 is 13.9 Å². The van der Waals surface area contributed by atoms with Gasteiger partial charge in [0.1, 0.15) is 28.8 Å². The van der Waals surface area contributed by atoms with Gasteiger partial charge in [0.25, 0.3) is 0 Å². The Morgan fingerprint density at radius 1 is 1.09 bits per heavy atom. The molecule has 1 N–H and O–H groups in total. The minimum atomic E-state index is -3.98. The van der Waals surface area contributed by atoms with Gasteiger partial charge in [0, 0.05) is 5.92 Å². The van der Waals surface area contributed by atoms with E-state index in [9.17, 15) is 12.8 Å². The van der Waals surface area contributed by atoms with Crippen molar-refractivity contribution in [2.24, 2.45) is 0 Å². The second kappa shape index (κ2) is 9.70. The normalized spacial score (nSPS) is 12.4. The van der Waals surface area contributed by atoms with Gasteiger partial charge in [0.15, 0.2) is 11.6 Å². The Morgan fingerprint density at radius 3 is 2.31 bits per heavy atom. The number of para-hydroxylation sites is 1. The van der Waals surface area contributed by atoms with E-state index >= 15 is 0 Å². The lowest BCUT2D eigenvalue weighted by molar-refractivity contribution is 0.391. The lowest BCUT2D eigenvalue weighted by Crippen LogP contribution is -2.23. The van der Waals surface area contributed by atoms with E-state index in [1.54, 1.807) is 44.2 Å². The van der Waals surface area contributed by atoms with Crippen molar-refractivity contribution >= 4 is 16.0 Å². The first-order chi connectivity index (χ1) is 16.7. The van der Waals surface area contributed by atoms with Gasteiger partial charge in [-0.3, -0.25) is 9.29 Å². The Kier molecular flexibility index (Phi) is 6.69. The number of ether oxygens (including phenoxy) is 2. The van der Waals surface area contributed by atoms with E-state index in [2.05, 4.69) is 24.9 Å². The molecule has 1 atom stereocenters. The van der Waals surface area contributed by atoms with Crippen LogP contribution in [0.25, 0.3) is 17.3 Å². The molecule has 35 heavy (non-hydrogen) atoms. The van der Waals surface area contributed by atoms with Crippen molar-refractivity contribution in [2.75, 3.05) is 24.7 Å². The maximum atomic E-state index is 13.1. The molecule has 11 nitrogen and oxygen atoms in total. The van der Waals surface area contributed by atoms with Crippen LogP contribution in [0.4, 0.5) is 10.3 Å². The van der Waals surface area contributed by atoms with Gasteiger partial charge in [-0.1, -0.05) is 13.0 Å². The summed E-state index contributed by atoms with van der Waals surface area (Å²) in [6, 6.07) is 8.57. The molecule has 1 aromatic carbocycles. The molecule has 0 bridgehead atoms. The van der Waals surface area contributed by atoms with Crippen molar-refractivity contribution in [3.05, 3.63) is 60.1 Å². The summed E-state index contributed by atoms with van der Waals surface area (Å²) < 4.78 is 60.0. The molecule has 0 saturated carbocycles. The third kappa shape index (κ3) is 5.09. The zero-order chi connectivity index (χ0) is 25.2. The van der Waals surface area contributed by atoms with Crippen LogP contribution in [-0.4, -0.2) is 53.1 Å². The molecule has 0 aliphatic carbocycles. The minimum Gasteiger partial charge on any atom is -0.494 e. The molecule has 3 heterocycles.